The van der Waals surface area contributed by atoms with Crippen molar-refractivity contribution in [3.05, 3.63) is 65.4 Å². The number of aryl methyl sites for hydroxylation is 2. The van der Waals surface area contributed by atoms with E-state index in [4.69, 9.17) is 9.15 Å². The summed E-state index contributed by atoms with van der Waals surface area (Å²) in [5.41, 5.74) is 4.03. The number of anilines is 1. The molecule has 2 aromatic carbocycles. The van der Waals surface area contributed by atoms with Crippen LogP contribution in [-0.4, -0.2) is 29.7 Å². The van der Waals surface area contributed by atoms with E-state index in [-0.39, 0.29) is 11.7 Å². The van der Waals surface area contributed by atoms with Crippen LogP contribution >= 0.6 is 11.8 Å². The second kappa shape index (κ2) is 8.75. The standard InChI is InChI=1S/C21H20N2O4S/c1-13-8-9-15(10-14(13)2)18-11-22-21(27-18)28-12-19(24)23-17-7-5-4-6-16(17)20(25)26-3/h4-11H,12H2,1-3H3,(H,23,24). The first kappa shape index (κ1) is 19.7. The first-order valence-corrected chi connectivity index (χ1v) is 9.60. The Balaban J connectivity index is 1.62. The number of aromatic nitrogens is 1. The molecule has 1 aromatic heterocycles. The van der Waals surface area contributed by atoms with Crippen molar-refractivity contribution in [2.24, 2.45) is 0 Å². The van der Waals surface area contributed by atoms with Gasteiger partial charge in [-0.15, -0.1) is 0 Å². The smallest absolute Gasteiger partial charge is 0.339 e. The molecule has 0 aliphatic carbocycles. The quantitative estimate of drug-likeness (QED) is 0.489. The third-order valence-corrected chi connectivity index (χ3v) is 5.05. The summed E-state index contributed by atoms with van der Waals surface area (Å²) in [6.07, 6.45) is 1.65. The second-order valence-corrected chi connectivity index (χ2v) is 7.09. The number of amides is 1. The fourth-order valence-electron chi connectivity index (χ4n) is 2.55. The van der Waals surface area contributed by atoms with Gasteiger partial charge in [-0.25, -0.2) is 9.78 Å². The monoisotopic (exact) mass is 396 g/mol. The van der Waals surface area contributed by atoms with Gasteiger partial charge in [0.1, 0.15) is 0 Å². The molecule has 3 rings (SSSR count). The van der Waals surface area contributed by atoms with Crippen LogP contribution in [0.1, 0.15) is 21.5 Å². The van der Waals surface area contributed by atoms with Gasteiger partial charge in [-0.1, -0.05) is 36.0 Å². The number of carbonyl (C=O) groups is 2. The van der Waals surface area contributed by atoms with Gasteiger partial charge in [0, 0.05) is 5.56 Å². The van der Waals surface area contributed by atoms with Crippen molar-refractivity contribution in [1.29, 1.82) is 0 Å². The number of benzene rings is 2. The molecule has 0 radical (unpaired) electrons. The van der Waals surface area contributed by atoms with Gasteiger partial charge >= 0.3 is 5.97 Å². The lowest BCUT2D eigenvalue weighted by atomic mass is 10.1. The molecule has 1 N–H and O–H groups in total. The number of hydrogen-bond donors (Lipinski definition) is 1. The molecule has 0 atom stereocenters. The molecule has 144 valence electrons. The summed E-state index contributed by atoms with van der Waals surface area (Å²) in [7, 11) is 1.30. The van der Waals surface area contributed by atoms with Crippen molar-refractivity contribution in [1.82, 2.24) is 4.98 Å². The molecular formula is C21H20N2O4S. The number of para-hydroxylation sites is 1. The Morgan fingerprint density at radius 2 is 1.93 bits per heavy atom. The highest BCUT2D eigenvalue weighted by Gasteiger charge is 2.15. The molecule has 7 heteroatoms. The number of hydrogen-bond acceptors (Lipinski definition) is 6. The molecular weight excluding hydrogens is 376 g/mol. The predicted molar refractivity (Wildman–Crippen MR) is 109 cm³/mol. The van der Waals surface area contributed by atoms with Crippen molar-refractivity contribution < 1.29 is 18.7 Å². The lowest BCUT2D eigenvalue weighted by Gasteiger charge is -2.08. The zero-order valence-corrected chi connectivity index (χ0v) is 16.6. The number of thioether (sulfide) groups is 1. The number of nitrogens with zero attached hydrogens (tertiary/aromatic N) is 1. The fraction of sp³-hybridized carbons (Fsp3) is 0.190. The highest BCUT2D eigenvalue weighted by molar-refractivity contribution is 7.99. The normalized spacial score (nSPS) is 10.5. The second-order valence-electron chi connectivity index (χ2n) is 6.16. The average Bonchev–Trinajstić information content (AvgIpc) is 3.17. The number of ether oxygens (including phenoxy) is 1. The maximum absolute atomic E-state index is 12.3. The molecule has 0 saturated heterocycles. The van der Waals surface area contributed by atoms with E-state index in [9.17, 15) is 9.59 Å². The minimum Gasteiger partial charge on any atom is -0.465 e. The van der Waals surface area contributed by atoms with E-state index in [2.05, 4.69) is 17.2 Å². The Morgan fingerprint density at radius 1 is 1.14 bits per heavy atom. The van der Waals surface area contributed by atoms with E-state index in [1.54, 1.807) is 30.5 Å². The Hall–Kier alpha value is -3.06. The Labute approximate surface area is 167 Å². The summed E-state index contributed by atoms with van der Waals surface area (Å²) in [6, 6.07) is 12.7. The highest BCUT2D eigenvalue weighted by Crippen LogP contribution is 2.27. The molecule has 3 aromatic rings. The predicted octanol–water partition coefficient (Wildman–Crippen LogP) is 4.48. The van der Waals surface area contributed by atoms with Crippen molar-refractivity contribution in [2.75, 3.05) is 18.2 Å². The van der Waals surface area contributed by atoms with Crippen molar-refractivity contribution >= 4 is 29.3 Å². The van der Waals surface area contributed by atoms with E-state index in [1.165, 1.54) is 30.0 Å². The summed E-state index contributed by atoms with van der Waals surface area (Å²) in [4.78, 5) is 28.3. The maximum Gasteiger partial charge on any atom is 0.339 e. The van der Waals surface area contributed by atoms with E-state index < -0.39 is 5.97 Å². The Kier molecular flexibility index (Phi) is 6.16. The van der Waals surface area contributed by atoms with Crippen LogP contribution in [-0.2, 0) is 9.53 Å². The van der Waals surface area contributed by atoms with E-state index in [0.29, 0.717) is 22.2 Å². The molecule has 0 aliphatic heterocycles. The topological polar surface area (TPSA) is 81.4 Å². The van der Waals surface area contributed by atoms with Crippen molar-refractivity contribution in [2.45, 2.75) is 19.1 Å². The number of methoxy groups -OCH3 is 1. The van der Waals surface area contributed by atoms with E-state index >= 15 is 0 Å². The summed E-state index contributed by atoms with van der Waals surface area (Å²) >= 11 is 1.18. The largest absolute Gasteiger partial charge is 0.465 e. The van der Waals surface area contributed by atoms with Crippen LogP contribution in [0, 0.1) is 13.8 Å². The first-order chi connectivity index (χ1) is 13.5. The maximum atomic E-state index is 12.3. The number of oxazole rings is 1. The number of carbonyl (C=O) groups excluding carboxylic acids is 2. The van der Waals surface area contributed by atoms with Crippen molar-refractivity contribution in [3.8, 4) is 11.3 Å². The summed E-state index contributed by atoms with van der Waals surface area (Å²) in [6.45, 7) is 4.10. The summed E-state index contributed by atoms with van der Waals surface area (Å²) < 4.78 is 10.5. The van der Waals surface area contributed by atoms with Crippen LogP contribution in [0.15, 0.2) is 58.3 Å². The van der Waals surface area contributed by atoms with E-state index in [1.807, 2.05) is 25.1 Å². The number of esters is 1. The van der Waals surface area contributed by atoms with Crippen LogP contribution in [0.25, 0.3) is 11.3 Å². The fourth-order valence-corrected chi connectivity index (χ4v) is 3.15. The van der Waals surface area contributed by atoms with Gasteiger partial charge in [0.2, 0.25) is 5.91 Å². The van der Waals surface area contributed by atoms with Gasteiger partial charge in [0.15, 0.2) is 5.76 Å². The molecule has 0 fully saturated rings. The molecule has 0 unspecified atom stereocenters. The number of nitrogens with one attached hydrogen (secondary N) is 1. The highest BCUT2D eigenvalue weighted by atomic mass is 32.2. The summed E-state index contributed by atoms with van der Waals surface area (Å²) in [5, 5.41) is 3.13. The zero-order chi connectivity index (χ0) is 20.1. The lowest BCUT2D eigenvalue weighted by Crippen LogP contribution is -2.17. The summed E-state index contributed by atoms with van der Waals surface area (Å²) in [5.74, 6) is -0.0221. The van der Waals surface area contributed by atoms with Gasteiger partial charge in [0.25, 0.3) is 5.22 Å². The van der Waals surface area contributed by atoms with Crippen LogP contribution in [0.2, 0.25) is 0 Å². The molecule has 28 heavy (non-hydrogen) atoms. The molecule has 1 heterocycles. The van der Waals surface area contributed by atoms with Crippen LogP contribution in [0.5, 0.6) is 0 Å². The first-order valence-electron chi connectivity index (χ1n) is 8.61. The van der Waals surface area contributed by atoms with Gasteiger partial charge in [-0.3, -0.25) is 4.79 Å². The molecule has 1 amide bonds. The zero-order valence-electron chi connectivity index (χ0n) is 15.8. The van der Waals surface area contributed by atoms with Gasteiger partial charge in [-0.2, -0.15) is 0 Å². The molecule has 0 aliphatic rings. The van der Waals surface area contributed by atoms with E-state index in [0.717, 1.165) is 5.56 Å². The third kappa shape index (κ3) is 4.61. The molecule has 6 nitrogen and oxygen atoms in total. The van der Waals surface area contributed by atoms with Gasteiger partial charge in [-0.05, 0) is 43.2 Å². The van der Waals surface area contributed by atoms with Crippen molar-refractivity contribution in [3.63, 3.8) is 0 Å². The molecule has 0 saturated carbocycles. The lowest BCUT2D eigenvalue weighted by molar-refractivity contribution is -0.113. The SMILES string of the molecule is COC(=O)c1ccccc1NC(=O)CSc1ncc(-c2ccc(C)c(C)c2)o1. The third-order valence-electron chi connectivity index (χ3n) is 4.21. The molecule has 0 spiro atoms. The van der Waals surface area contributed by atoms with Crippen LogP contribution < -0.4 is 5.32 Å². The minimum absolute atomic E-state index is 0.0996. The Morgan fingerprint density at radius 3 is 2.68 bits per heavy atom. The average molecular weight is 396 g/mol. The van der Waals surface area contributed by atoms with Gasteiger partial charge in [0.05, 0.1) is 30.3 Å². The van der Waals surface area contributed by atoms with Gasteiger partial charge < -0.3 is 14.5 Å². The minimum atomic E-state index is -0.505. The van der Waals surface area contributed by atoms with Crippen LogP contribution in [0.4, 0.5) is 5.69 Å². The molecule has 0 bridgehead atoms. The Bertz CT molecular complexity index is 1010. The number of rotatable bonds is 6. The van der Waals surface area contributed by atoms with Crippen LogP contribution in [0.3, 0.4) is 0 Å².